The molecule has 0 atom stereocenters. The van der Waals surface area contributed by atoms with Crippen molar-refractivity contribution >= 4 is 101 Å². The zero-order valence-corrected chi connectivity index (χ0v) is 49.3. The standard InChI is InChI=1S/C32H34B2Br2N2O4.C11H13BBr2O2.C10H8N2.CH4.2BrH/c35-21-25-15-27(19-31(17-25)33-39-11-1-12-40-33)23-37-7-3-29(4-8-37)30-5-9-38(10-6-30)24-28-16-26(22-36)18-32(20-28)34-41-13-2-14-42-34;13-7-9-4-10(8-14)6-11(5-9)12-15-2-1-3-16-12;1-5-11-6-2-9(1)10-3-7-12-8-4-10;;;/h3-10,15-20H,1-2,11-14,21-24H2;4-6H,1-3,7-8H2;1-8H;1H4;2*1H/q+2;;;;;/p-2. The van der Waals surface area contributed by atoms with Gasteiger partial charge in [0.1, 0.15) is 0 Å². The predicted molar refractivity (Wildman–Crippen MR) is 300 cm³/mol. The Bertz CT molecular complexity index is 2520. The molecule has 7 aromatic rings. The Morgan fingerprint density at radius 3 is 0.890 bits per heavy atom. The third-order valence-electron chi connectivity index (χ3n) is 11.7. The number of rotatable bonds is 13. The molecule has 7 heterocycles. The molecular weight excluding hydrogens is 1310 g/mol. The first-order valence-electron chi connectivity index (χ1n) is 23.6. The molecule has 4 aromatic heterocycles. The number of aromatic nitrogens is 4. The van der Waals surface area contributed by atoms with Crippen LogP contribution in [0.15, 0.2) is 153 Å². The molecule has 19 heteroatoms. The summed E-state index contributed by atoms with van der Waals surface area (Å²) in [5.74, 6) is 0. The fraction of sp³-hybridized carbons (Fsp3) is 0.296. The summed E-state index contributed by atoms with van der Waals surface area (Å²) in [4.78, 5) is 7.91. The minimum absolute atomic E-state index is 0. The van der Waals surface area contributed by atoms with Crippen molar-refractivity contribution in [1.82, 2.24) is 9.97 Å². The van der Waals surface area contributed by atoms with E-state index in [0.717, 1.165) is 110 Å². The molecule has 3 saturated heterocycles. The quantitative estimate of drug-likeness (QED) is 0.0988. The van der Waals surface area contributed by atoms with Crippen LogP contribution in [0.4, 0.5) is 0 Å². The van der Waals surface area contributed by atoms with Gasteiger partial charge in [0.25, 0.3) is 0 Å². The number of hydrogen-bond donors (Lipinski definition) is 0. The van der Waals surface area contributed by atoms with E-state index in [0.29, 0.717) is 0 Å². The number of halogens is 6. The van der Waals surface area contributed by atoms with E-state index in [4.69, 9.17) is 27.9 Å². The van der Waals surface area contributed by atoms with Crippen LogP contribution in [-0.4, -0.2) is 71.0 Å². The van der Waals surface area contributed by atoms with Crippen molar-refractivity contribution in [1.29, 1.82) is 0 Å². The number of nitrogens with zero attached hydrogens (tertiary/aromatic N) is 4. The Labute approximate surface area is 487 Å². The van der Waals surface area contributed by atoms with Crippen molar-refractivity contribution in [3.8, 4) is 22.3 Å². The second-order valence-electron chi connectivity index (χ2n) is 17.1. The van der Waals surface area contributed by atoms with Crippen molar-refractivity contribution in [2.45, 2.75) is 61.1 Å². The van der Waals surface area contributed by atoms with Gasteiger partial charge in [0, 0.05) is 121 Å². The molecule has 10 nitrogen and oxygen atoms in total. The first-order chi connectivity index (χ1) is 34.5. The monoisotopic (exact) mass is 1370 g/mol. The molecule has 382 valence electrons. The summed E-state index contributed by atoms with van der Waals surface area (Å²) in [5.41, 5.74) is 15.4. The predicted octanol–water partition coefficient (Wildman–Crippen LogP) is 3.48. The molecule has 0 spiro atoms. The summed E-state index contributed by atoms with van der Waals surface area (Å²) in [6.45, 7) is 6.09. The van der Waals surface area contributed by atoms with Gasteiger partial charge >= 0.3 is 21.4 Å². The topological polar surface area (TPSA) is 88.9 Å². The third kappa shape index (κ3) is 18.7. The molecule has 3 aromatic carbocycles. The third-order valence-corrected chi connectivity index (χ3v) is 14.3. The zero-order chi connectivity index (χ0) is 48.3. The van der Waals surface area contributed by atoms with Gasteiger partial charge in [-0.3, -0.25) is 9.97 Å². The van der Waals surface area contributed by atoms with Crippen LogP contribution in [0.3, 0.4) is 0 Å². The second-order valence-corrected chi connectivity index (χ2v) is 19.3. The summed E-state index contributed by atoms with van der Waals surface area (Å²) in [7, 11) is -0.745. The highest BCUT2D eigenvalue weighted by atomic mass is 79.9. The molecule has 3 fully saturated rings. The van der Waals surface area contributed by atoms with E-state index in [1.54, 1.807) is 24.8 Å². The van der Waals surface area contributed by atoms with Gasteiger partial charge in [-0.15, -0.1) is 0 Å². The van der Waals surface area contributed by atoms with Gasteiger partial charge < -0.3 is 61.9 Å². The van der Waals surface area contributed by atoms with Gasteiger partial charge in [0.15, 0.2) is 37.9 Å². The highest BCUT2D eigenvalue weighted by molar-refractivity contribution is 9.09. The Morgan fingerprint density at radius 1 is 0.370 bits per heavy atom. The lowest BCUT2D eigenvalue weighted by atomic mass is 9.76. The molecule has 0 amide bonds. The van der Waals surface area contributed by atoms with Gasteiger partial charge in [-0.05, 0) is 117 Å². The normalized spacial score (nSPS) is 14.2. The molecule has 0 saturated carbocycles. The lowest BCUT2D eigenvalue weighted by molar-refractivity contribution is -0.688. The Kier molecular flexibility index (Phi) is 27.2. The van der Waals surface area contributed by atoms with E-state index < -0.39 is 0 Å². The molecule has 0 bridgehead atoms. The SMILES string of the molecule is BrCc1cc(CBr)cc(B2OCCCO2)c1.BrCc1cc(C[n+]2ccc(-c3cc[n+](Cc4cc(CBr)cc(B5OCCCO5)c4)cc3)cc2)cc(B2OCCCO2)c1.C.[Br-].[Br-].c1cc(-c2ccncc2)ccn1. The number of hydrogen-bond acceptors (Lipinski definition) is 8. The van der Waals surface area contributed by atoms with Gasteiger partial charge in [0.05, 0.1) is 0 Å². The summed E-state index contributed by atoms with van der Waals surface area (Å²) in [5, 5.41) is 3.30. The highest BCUT2D eigenvalue weighted by Crippen LogP contribution is 2.19. The minimum atomic E-state index is -0.278. The molecule has 0 unspecified atom stereocenters. The summed E-state index contributed by atoms with van der Waals surface area (Å²) < 4.78 is 39.1. The van der Waals surface area contributed by atoms with Gasteiger partial charge in [0.2, 0.25) is 0 Å². The van der Waals surface area contributed by atoms with E-state index in [1.165, 1.54) is 55.6 Å². The highest BCUT2D eigenvalue weighted by Gasteiger charge is 2.28. The molecule has 0 radical (unpaired) electrons. The summed E-state index contributed by atoms with van der Waals surface area (Å²) in [6, 6.07) is 36.3. The molecule has 3 aliphatic heterocycles. The van der Waals surface area contributed by atoms with E-state index in [9.17, 15) is 0 Å². The van der Waals surface area contributed by atoms with Crippen molar-refractivity contribution in [2.24, 2.45) is 0 Å². The Hall–Kier alpha value is -2.91. The first-order valence-corrected chi connectivity index (χ1v) is 28.1. The maximum atomic E-state index is 5.86. The molecule has 10 rings (SSSR count). The van der Waals surface area contributed by atoms with Crippen molar-refractivity contribution < 1.29 is 71.0 Å². The lowest BCUT2D eigenvalue weighted by Gasteiger charge is -2.20. The van der Waals surface area contributed by atoms with Crippen LogP contribution in [0.2, 0.25) is 0 Å². The van der Waals surface area contributed by atoms with Gasteiger partial charge in [-0.1, -0.05) is 114 Å². The van der Waals surface area contributed by atoms with E-state index in [1.807, 2.05) is 24.3 Å². The average molecular weight is 1370 g/mol. The summed E-state index contributed by atoms with van der Waals surface area (Å²) in [6.07, 6.45) is 18.6. The first kappa shape index (κ1) is 61.0. The lowest BCUT2D eigenvalue weighted by Crippen LogP contribution is -3.00. The molecule has 73 heavy (non-hydrogen) atoms. The van der Waals surface area contributed by atoms with Crippen LogP contribution < -0.4 is 59.5 Å². The molecular formula is C54H59B3Br6N4O6. The van der Waals surface area contributed by atoms with E-state index >= 15 is 0 Å². The second kappa shape index (κ2) is 32.6. The summed E-state index contributed by atoms with van der Waals surface area (Å²) >= 11 is 14.2. The van der Waals surface area contributed by atoms with Crippen LogP contribution in [-0.2, 0) is 62.3 Å². The number of benzene rings is 3. The van der Waals surface area contributed by atoms with Crippen molar-refractivity contribution in [3.05, 3.63) is 186 Å². The number of alkyl halides is 4. The van der Waals surface area contributed by atoms with Crippen molar-refractivity contribution in [2.75, 3.05) is 39.6 Å². The zero-order valence-electron chi connectivity index (χ0n) is 39.8. The van der Waals surface area contributed by atoms with Crippen LogP contribution in [0.5, 0.6) is 0 Å². The van der Waals surface area contributed by atoms with Crippen LogP contribution in [0.25, 0.3) is 22.3 Å². The maximum Gasteiger partial charge on any atom is 0.493 e. The van der Waals surface area contributed by atoms with Gasteiger partial charge in [-0.2, -0.15) is 0 Å². The van der Waals surface area contributed by atoms with Crippen molar-refractivity contribution in [3.63, 3.8) is 0 Å². The molecule has 3 aliphatic rings. The minimum Gasteiger partial charge on any atom is -1.00 e. The van der Waals surface area contributed by atoms with E-state index in [-0.39, 0.29) is 62.7 Å². The Balaban J connectivity index is 0.000000260. The van der Waals surface area contributed by atoms with Crippen LogP contribution >= 0.6 is 63.7 Å². The number of pyridine rings is 4. The Morgan fingerprint density at radius 2 is 0.616 bits per heavy atom. The fourth-order valence-corrected chi connectivity index (χ4v) is 9.63. The molecule has 0 N–H and O–H groups in total. The fourth-order valence-electron chi connectivity index (χ4n) is 8.33. The largest absolute Gasteiger partial charge is 1.00 e. The van der Waals surface area contributed by atoms with Crippen LogP contribution in [0, 0.1) is 0 Å². The average Bonchev–Trinajstić information content (AvgIpc) is 3.44. The van der Waals surface area contributed by atoms with E-state index in [2.05, 4.69) is 186 Å². The molecule has 0 aliphatic carbocycles. The maximum absolute atomic E-state index is 5.86. The van der Waals surface area contributed by atoms with Gasteiger partial charge in [-0.25, -0.2) is 9.13 Å². The van der Waals surface area contributed by atoms with Crippen LogP contribution in [0.1, 0.15) is 60.1 Å². The smallest absolute Gasteiger partial charge is 0.493 e.